The Kier molecular flexibility index (Phi) is 6.95. The zero-order valence-corrected chi connectivity index (χ0v) is 24.5. The van der Waals surface area contributed by atoms with Gasteiger partial charge < -0.3 is 5.32 Å². The van der Waals surface area contributed by atoms with Gasteiger partial charge in [0.05, 0.1) is 6.04 Å². The van der Waals surface area contributed by atoms with Crippen molar-refractivity contribution in [3.05, 3.63) is 44.8 Å². The standard InChI is InChI=1S/C32H41NO3S2/c1-19(16-28(36)33-30(26-6-4-14-37-26)27-7-5-15-38-27)22-8-9-23-29-24(11-13-32(22,23)3)31(2)12-10-21(34)17-20(31)18-25(29)35/h4-7,14-15,19-20,22-24,29-30H,8-13,16-18H2,1-3H3,(H,33,36)/t19-,20+,22?,23+,24+,29+,31+,32-/m1/s1. The molecule has 0 radical (unpaired) electrons. The molecule has 0 spiro atoms. The number of rotatable bonds is 6. The minimum Gasteiger partial charge on any atom is -0.344 e. The van der Waals surface area contributed by atoms with Gasteiger partial charge in [-0.25, -0.2) is 0 Å². The van der Waals surface area contributed by atoms with E-state index in [4.69, 9.17) is 0 Å². The van der Waals surface area contributed by atoms with Crippen LogP contribution in [-0.2, 0) is 14.4 Å². The molecule has 204 valence electrons. The van der Waals surface area contributed by atoms with Crippen molar-refractivity contribution in [3.63, 3.8) is 0 Å². The summed E-state index contributed by atoms with van der Waals surface area (Å²) in [5, 5.41) is 7.49. The number of thiophene rings is 2. The fraction of sp³-hybridized carbons (Fsp3) is 0.656. The number of hydrogen-bond donors (Lipinski definition) is 1. The van der Waals surface area contributed by atoms with Crippen LogP contribution in [0.4, 0.5) is 0 Å². The maximum Gasteiger partial charge on any atom is 0.221 e. The highest BCUT2D eigenvalue weighted by Gasteiger charge is 2.63. The smallest absolute Gasteiger partial charge is 0.221 e. The third-order valence-electron chi connectivity index (χ3n) is 11.5. The third-order valence-corrected chi connectivity index (χ3v) is 13.4. The quantitative estimate of drug-likeness (QED) is 0.406. The van der Waals surface area contributed by atoms with Crippen LogP contribution in [0.5, 0.6) is 0 Å². The highest BCUT2D eigenvalue weighted by Crippen LogP contribution is 2.67. The molecule has 2 heterocycles. The van der Waals surface area contributed by atoms with Gasteiger partial charge in [-0.1, -0.05) is 32.9 Å². The number of carbonyl (C=O) groups is 3. The molecule has 8 atom stereocenters. The molecule has 6 rings (SSSR count). The molecule has 1 amide bonds. The fourth-order valence-corrected chi connectivity index (χ4v) is 11.2. The third kappa shape index (κ3) is 4.34. The second-order valence-electron chi connectivity index (χ2n) is 13.3. The molecule has 38 heavy (non-hydrogen) atoms. The van der Waals surface area contributed by atoms with E-state index in [0.29, 0.717) is 55.0 Å². The Hall–Kier alpha value is -1.79. The van der Waals surface area contributed by atoms with Gasteiger partial charge in [-0.15, -0.1) is 22.7 Å². The molecule has 0 aromatic carbocycles. The average molecular weight is 552 g/mol. The number of amides is 1. The van der Waals surface area contributed by atoms with Crippen molar-refractivity contribution in [2.75, 3.05) is 0 Å². The summed E-state index contributed by atoms with van der Waals surface area (Å²) in [4.78, 5) is 41.6. The summed E-state index contributed by atoms with van der Waals surface area (Å²) >= 11 is 3.38. The van der Waals surface area contributed by atoms with Gasteiger partial charge in [0.1, 0.15) is 11.6 Å². The van der Waals surface area contributed by atoms with E-state index in [0.717, 1.165) is 32.1 Å². The van der Waals surface area contributed by atoms with Crippen LogP contribution in [0.25, 0.3) is 0 Å². The molecule has 4 aliphatic carbocycles. The number of Topliss-reactive ketones (excluding diaryl/α,β-unsaturated/α-hetero) is 2. The van der Waals surface area contributed by atoms with Crippen LogP contribution in [0, 0.1) is 46.3 Å². The normalized spacial score (nSPS) is 37.4. The van der Waals surface area contributed by atoms with E-state index in [1.165, 1.54) is 9.75 Å². The molecular weight excluding hydrogens is 510 g/mol. The van der Waals surface area contributed by atoms with Gasteiger partial charge in [-0.2, -0.15) is 0 Å². The van der Waals surface area contributed by atoms with E-state index in [1.807, 2.05) is 12.1 Å². The molecule has 2 aromatic rings. The highest BCUT2D eigenvalue weighted by molar-refractivity contribution is 7.11. The van der Waals surface area contributed by atoms with Crippen LogP contribution in [0.1, 0.15) is 94.4 Å². The number of carbonyl (C=O) groups excluding carboxylic acids is 3. The molecular formula is C32H41NO3S2. The van der Waals surface area contributed by atoms with Crippen LogP contribution >= 0.6 is 22.7 Å². The Morgan fingerprint density at radius 3 is 2.32 bits per heavy atom. The van der Waals surface area contributed by atoms with Gasteiger partial charge in [-0.05, 0) is 95.4 Å². The second kappa shape index (κ2) is 9.99. The van der Waals surface area contributed by atoms with Crippen LogP contribution in [-0.4, -0.2) is 17.5 Å². The van der Waals surface area contributed by atoms with Gasteiger partial charge in [0.25, 0.3) is 0 Å². The van der Waals surface area contributed by atoms with Gasteiger partial charge >= 0.3 is 0 Å². The molecule has 4 nitrogen and oxygen atoms in total. The van der Waals surface area contributed by atoms with Gasteiger partial charge in [0.2, 0.25) is 5.91 Å². The van der Waals surface area contributed by atoms with Crippen LogP contribution < -0.4 is 5.32 Å². The fourth-order valence-electron chi connectivity index (χ4n) is 9.55. The van der Waals surface area contributed by atoms with Crippen LogP contribution in [0.2, 0.25) is 0 Å². The topological polar surface area (TPSA) is 63.2 Å². The maximum atomic E-state index is 13.6. The first-order chi connectivity index (χ1) is 18.2. The number of nitrogens with one attached hydrogen (secondary N) is 1. The second-order valence-corrected chi connectivity index (χ2v) is 15.3. The SMILES string of the molecule is C[C@H](CC(=O)NC(c1cccs1)c1cccs1)C1CC[C@H]2[C@@H]3C(=O)C[C@@H]4CC(=O)CC[C@]4(C)[C@H]3CC[C@]12C. The maximum absolute atomic E-state index is 13.6. The largest absolute Gasteiger partial charge is 0.344 e. The van der Waals surface area contributed by atoms with E-state index in [9.17, 15) is 14.4 Å². The lowest BCUT2D eigenvalue weighted by Gasteiger charge is -2.59. The summed E-state index contributed by atoms with van der Waals surface area (Å²) in [6.45, 7) is 7.10. The summed E-state index contributed by atoms with van der Waals surface area (Å²) in [5.74, 6) is 2.91. The summed E-state index contributed by atoms with van der Waals surface area (Å²) in [6, 6.07) is 8.23. The number of ketones is 2. The number of fused-ring (bicyclic) bond motifs is 5. The predicted octanol–water partition coefficient (Wildman–Crippen LogP) is 7.45. The Bertz CT molecular complexity index is 1160. The zero-order chi connectivity index (χ0) is 26.7. The Labute approximate surface area is 235 Å². The zero-order valence-electron chi connectivity index (χ0n) is 22.9. The molecule has 4 saturated carbocycles. The summed E-state index contributed by atoms with van der Waals surface area (Å²) in [5.41, 5.74) is 0.251. The van der Waals surface area contributed by atoms with Gasteiger partial charge in [-0.3, -0.25) is 14.4 Å². The van der Waals surface area contributed by atoms with Crippen molar-refractivity contribution in [3.8, 4) is 0 Å². The average Bonchev–Trinajstić information content (AvgIpc) is 3.65. The molecule has 2 aromatic heterocycles. The minimum atomic E-state index is -0.0759. The van der Waals surface area contributed by atoms with Gasteiger partial charge in [0.15, 0.2) is 0 Å². The molecule has 0 aliphatic heterocycles. The Balaban J connectivity index is 1.16. The lowest BCUT2D eigenvalue weighted by atomic mass is 9.44. The lowest BCUT2D eigenvalue weighted by Crippen LogP contribution is -2.57. The first-order valence-corrected chi connectivity index (χ1v) is 16.4. The first kappa shape index (κ1) is 26.4. The van der Waals surface area contributed by atoms with Gasteiger partial charge in [0, 0.05) is 41.4 Å². The van der Waals surface area contributed by atoms with E-state index in [2.05, 4.69) is 49.0 Å². The predicted molar refractivity (Wildman–Crippen MR) is 153 cm³/mol. The highest BCUT2D eigenvalue weighted by atomic mass is 32.1. The summed E-state index contributed by atoms with van der Waals surface area (Å²) < 4.78 is 0. The van der Waals surface area contributed by atoms with Crippen molar-refractivity contribution in [2.24, 2.45) is 46.3 Å². The summed E-state index contributed by atoms with van der Waals surface area (Å²) in [7, 11) is 0. The number of hydrogen-bond acceptors (Lipinski definition) is 5. The molecule has 1 unspecified atom stereocenters. The van der Waals surface area contributed by atoms with Crippen molar-refractivity contribution in [1.82, 2.24) is 5.32 Å². The Morgan fingerprint density at radius 2 is 1.66 bits per heavy atom. The van der Waals surface area contributed by atoms with Crippen molar-refractivity contribution >= 4 is 40.1 Å². The molecule has 6 heteroatoms. The minimum absolute atomic E-state index is 0.0759. The first-order valence-electron chi connectivity index (χ1n) is 14.6. The van der Waals surface area contributed by atoms with Crippen LogP contribution in [0.15, 0.2) is 35.0 Å². The van der Waals surface area contributed by atoms with Crippen LogP contribution in [0.3, 0.4) is 0 Å². The van der Waals surface area contributed by atoms with E-state index >= 15 is 0 Å². The lowest BCUT2D eigenvalue weighted by molar-refractivity contribution is -0.159. The van der Waals surface area contributed by atoms with E-state index < -0.39 is 0 Å². The molecule has 1 N–H and O–H groups in total. The van der Waals surface area contributed by atoms with Crippen molar-refractivity contribution in [2.45, 2.75) is 84.6 Å². The molecule has 4 aliphatic rings. The van der Waals surface area contributed by atoms with Crippen molar-refractivity contribution < 1.29 is 14.4 Å². The van der Waals surface area contributed by atoms with E-state index in [-0.39, 0.29) is 40.5 Å². The van der Waals surface area contributed by atoms with E-state index in [1.54, 1.807) is 22.7 Å². The monoisotopic (exact) mass is 551 g/mol. The molecule has 4 fully saturated rings. The van der Waals surface area contributed by atoms with Crippen molar-refractivity contribution in [1.29, 1.82) is 0 Å². The summed E-state index contributed by atoms with van der Waals surface area (Å²) in [6.07, 6.45) is 7.86. The molecule has 0 bridgehead atoms. The molecule has 0 saturated heterocycles. The Morgan fingerprint density at radius 1 is 0.974 bits per heavy atom.